The van der Waals surface area contributed by atoms with Crippen LogP contribution < -0.4 is 22.0 Å². The number of nitrogens with two attached hydrogens (primary N) is 1. The van der Waals surface area contributed by atoms with Crippen LogP contribution in [0.1, 0.15) is 40.9 Å². The molecule has 3 heterocycles. The lowest BCUT2D eigenvalue weighted by molar-refractivity contribution is -0.132. The first-order valence-corrected chi connectivity index (χ1v) is 12.6. The molecule has 4 rings (SSSR count). The van der Waals surface area contributed by atoms with Crippen LogP contribution in [0.3, 0.4) is 0 Å². The number of aromatic nitrogens is 2. The highest BCUT2D eigenvalue weighted by Gasteiger charge is 2.21. The fourth-order valence-electron chi connectivity index (χ4n) is 4.35. The van der Waals surface area contributed by atoms with Gasteiger partial charge in [-0.15, -0.1) is 0 Å². The molecule has 4 aromatic rings. The molecule has 0 aliphatic carbocycles. The molecule has 206 valence electrons. The highest BCUT2D eigenvalue weighted by molar-refractivity contribution is 6.29. The van der Waals surface area contributed by atoms with Gasteiger partial charge in [-0.2, -0.15) is 5.48 Å². The molecule has 11 nitrogen and oxygen atoms in total. The Morgan fingerprint density at radius 3 is 2.70 bits per heavy atom. The van der Waals surface area contributed by atoms with Crippen molar-refractivity contribution in [2.24, 2.45) is 9.98 Å². The van der Waals surface area contributed by atoms with Crippen LogP contribution in [0.5, 0.6) is 0 Å². The molecule has 4 N–H and O–H groups in total. The molecule has 0 aliphatic rings. The minimum absolute atomic E-state index is 0.152. The van der Waals surface area contributed by atoms with Crippen LogP contribution in [-0.2, 0) is 9.63 Å². The SMILES string of the molecule is CN=Cc1cc(-c2oc3c(C(C)Nc4ccc(Cl)nc4C(=NC)NOC=O)cc(C)cc3c(=O)c2C)cnc1N. The number of nitrogen functional groups attached to an aromatic ring is 1. The Morgan fingerprint density at radius 1 is 1.23 bits per heavy atom. The third-order valence-corrected chi connectivity index (χ3v) is 6.43. The Morgan fingerprint density at radius 2 is 2.00 bits per heavy atom. The zero-order valence-electron chi connectivity index (χ0n) is 22.6. The molecule has 0 saturated heterocycles. The topological polar surface area (TPSA) is 157 Å². The summed E-state index contributed by atoms with van der Waals surface area (Å²) in [5.41, 5.74) is 12.9. The number of carbonyl (C=O) groups excluding carboxylic acids is 1. The van der Waals surface area contributed by atoms with Crippen molar-refractivity contribution in [3.63, 3.8) is 0 Å². The second-order valence-electron chi connectivity index (χ2n) is 8.99. The maximum absolute atomic E-state index is 13.6. The number of nitrogens with one attached hydrogen (secondary N) is 2. The number of hydrogen-bond donors (Lipinski definition) is 3. The lowest BCUT2D eigenvalue weighted by atomic mass is 9.98. The molecule has 0 spiro atoms. The van der Waals surface area contributed by atoms with Gasteiger partial charge in [-0.3, -0.25) is 19.6 Å². The molecule has 1 unspecified atom stereocenters. The average molecular weight is 562 g/mol. The van der Waals surface area contributed by atoms with Crippen molar-refractivity contribution < 1.29 is 14.0 Å². The molecule has 0 bridgehead atoms. The van der Waals surface area contributed by atoms with Gasteiger partial charge in [0, 0.05) is 48.8 Å². The van der Waals surface area contributed by atoms with E-state index in [1.807, 2.05) is 26.0 Å². The summed E-state index contributed by atoms with van der Waals surface area (Å²) in [6, 6.07) is 8.52. The molecule has 0 amide bonds. The molecule has 40 heavy (non-hydrogen) atoms. The van der Waals surface area contributed by atoms with Crippen LogP contribution in [0, 0.1) is 13.8 Å². The number of nitrogens with zero attached hydrogens (tertiary/aromatic N) is 4. The Labute approximate surface area is 235 Å². The lowest BCUT2D eigenvalue weighted by Crippen LogP contribution is -2.27. The van der Waals surface area contributed by atoms with Gasteiger partial charge in [0.05, 0.1) is 17.1 Å². The van der Waals surface area contributed by atoms with Gasteiger partial charge < -0.3 is 20.3 Å². The van der Waals surface area contributed by atoms with Crippen molar-refractivity contribution in [1.29, 1.82) is 0 Å². The summed E-state index contributed by atoms with van der Waals surface area (Å²) in [5, 5.41) is 4.07. The number of hydroxylamine groups is 1. The zero-order valence-corrected chi connectivity index (χ0v) is 23.3. The van der Waals surface area contributed by atoms with Crippen molar-refractivity contribution in [1.82, 2.24) is 15.4 Å². The molecule has 1 aromatic carbocycles. The third-order valence-electron chi connectivity index (χ3n) is 6.22. The Kier molecular flexibility index (Phi) is 8.44. The quantitative estimate of drug-likeness (QED) is 0.0933. The maximum Gasteiger partial charge on any atom is 0.320 e. The van der Waals surface area contributed by atoms with Gasteiger partial charge in [0.25, 0.3) is 0 Å². The van der Waals surface area contributed by atoms with Crippen molar-refractivity contribution in [2.45, 2.75) is 26.8 Å². The summed E-state index contributed by atoms with van der Waals surface area (Å²) in [4.78, 5) is 45.7. The number of amidine groups is 1. The largest absolute Gasteiger partial charge is 0.455 e. The van der Waals surface area contributed by atoms with Gasteiger partial charge >= 0.3 is 6.47 Å². The number of rotatable bonds is 8. The number of anilines is 2. The molecule has 0 radical (unpaired) electrons. The summed E-state index contributed by atoms with van der Waals surface area (Å²) in [6.07, 6.45) is 3.17. The monoisotopic (exact) mass is 561 g/mol. The molecule has 0 fully saturated rings. The van der Waals surface area contributed by atoms with Crippen molar-refractivity contribution in [3.05, 3.63) is 79.9 Å². The first-order valence-electron chi connectivity index (χ1n) is 12.2. The summed E-state index contributed by atoms with van der Waals surface area (Å²) in [6.45, 7) is 5.79. The smallest absolute Gasteiger partial charge is 0.320 e. The van der Waals surface area contributed by atoms with Crippen LogP contribution in [0.25, 0.3) is 22.3 Å². The Balaban J connectivity index is 1.86. The molecule has 12 heteroatoms. The van der Waals surface area contributed by atoms with Gasteiger partial charge in [-0.05, 0) is 50.6 Å². The normalized spacial score (nSPS) is 12.5. The second-order valence-corrected chi connectivity index (χ2v) is 9.37. The van der Waals surface area contributed by atoms with Crippen LogP contribution in [0.4, 0.5) is 11.5 Å². The third kappa shape index (κ3) is 5.64. The number of benzene rings is 1. The molecular formula is C28H28ClN7O4. The van der Waals surface area contributed by atoms with Gasteiger partial charge in [0.2, 0.25) is 0 Å². The number of hydrogen-bond acceptors (Lipinski definition) is 10. The number of carbonyl (C=O) groups is 1. The standard InChI is InChI=1S/C28H28ClN7O4/c1-14-8-19(16(3)34-21-6-7-22(29)35-23(21)28(32-5)36-39-13-37)26-20(9-14)24(38)15(2)25(40-26)17-10-18(11-31-4)27(30)33-12-17/h6-13,16,34H,1-5H3,(H2,30,33)(H,32,36). The van der Waals surface area contributed by atoms with Crippen LogP contribution in [0.15, 0.2) is 55.7 Å². The van der Waals surface area contributed by atoms with E-state index >= 15 is 0 Å². The maximum atomic E-state index is 13.6. The zero-order chi connectivity index (χ0) is 29.0. The van der Waals surface area contributed by atoms with E-state index in [-0.39, 0.29) is 28.9 Å². The van der Waals surface area contributed by atoms with Crippen LogP contribution in [0.2, 0.25) is 5.15 Å². The van der Waals surface area contributed by atoms with Crippen LogP contribution >= 0.6 is 11.6 Å². The molecular weight excluding hydrogens is 534 g/mol. The number of aryl methyl sites for hydroxylation is 1. The van der Waals surface area contributed by atoms with Gasteiger partial charge in [-0.25, -0.2) is 9.97 Å². The Hall–Kier alpha value is -4.77. The summed E-state index contributed by atoms with van der Waals surface area (Å²) < 4.78 is 6.45. The molecule has 3 aromatic heterocycles. The number of aliphatic imine (C=N–C) groups is 2. The predicted octanol–water partition coefficient (Wildman–Crippen LogP) is 4.38. The van der Waals surface area contributed by atoms with E-state index in [4.69, 9.17) is 21.8 Å². The number of halogens is 1. The van der Waals surface area contributed by atoms with Crippen molar-refractivity contribution in [2.75, 3.05) is 25.1 Å². The van der Waals surface area contributed by atoms with Gasteiger partial charge in [0.15, 0.2) is 11.3 Å². The summed E-state index contributed by atoms with van der Waals surface area (Å²) in [7, 11) is 3.15. The first kappa shape index (κ1) is 28.2. The number of fused-ring (bicyclic) bond motifs is 1. The number of pyridine rings is 2. The van der Waals surface area contributed by atoms with Crippen molar-refractivity contribution in [3.8, 4) is 11.3 Å². The first-order chi connectivity index (χ1) is 19.2. The Bertz CT molecular complexity index is 1720. The van der Waals surface area contributed by atoms with Crippen LogP contribution in [-0.4, -0.2) is 42.6 Å². The summed E-state index contributed by atoms with van der Waals surface area (Å²) >= 11 is 6.15. The van der Waals surface area contributed by atoms with Gasteiger partial charge in [-0.1, -0.05) is 17.7 Å². The molecule has 0 saturated carbocycles. The second kappa shape index (κ2) is 12.0. The fraction of sp³-hybridized carbons (Fsp3) is 0.214. The van der Waals surface area contributed by atoms with E-state index < -0.39 is 0 Å². The van der Waals surface area contributed by atoms with E-state index in [0.717, 1.165) is 11.1 Å². The van der Waals surface area contributed by atoms with E-state index in [1.54, 1.807) is 44.6 Å². The minimum Gasteiger partial charge on any atom is -0.455 e. The molecule has 0 aliphatic heterocycles. The van der Waals surface area contributed by atoms with E-state index in [1.165, 1.54) is 7.05 Å². The molecule has 1 atom stereocenters. The lowest BCUT2D eigenvalue weighted by Gasteiger charge is -2.21. The highest BCUT2D eigenvalue weighted by atomic mass is 35.5. The van der Waals surface area contributed by atoms with E-state index in [0.29, 0.717) is 50.6 Å². The van der Waals surface area contributed by atoms with E-state index in [2.05, 4.69) is 35.6 Å². The highest BCUT2D eigenvalue weighted by Crippen LogP contribution is 2.33. The van der Waals surface area contributed by atoms with Crippen molar-refractivity contribution >= 4 is 52.6 Å². The summed E-state index contributed by atoms with van der Waals surface area (Å²) in [5.74, 6) is 0.891. The van der Waals surface area contributed by atoms with E-state index in [9.17, 15) is 9.59 Å². The van der Waals surface area contributed by atoms with Gasteiger partial charge in [0.1, 0.15) is 28.0 Å². The minimum atomic E-state index is -0.375. The predicted molar refractivity (Wildman–Crippen MR) is 157 cm³/mol. The fourth-order valence-corrected chi connectivity index (χ4v) is 4.49. The average Bonchev–Trinajstić information content (AvgIpc) is 2.93.